The molecule has 0 radical (unpaired) electrons. The molecule has 0 unspecified atom stereocenters. The van der Waals surface area contributed by atoms with Gasteiger partial charge in [-0.2, -0.15) is 5.10 Å². The highest BCUT2D eigenvalue weighted by Crippen LogP contribution is 1.82. The van der Waals surface area contributed by atoms with E-state index in [1.807, 2.05) is 13.8 Å². The highest BCUT2D eigenvalue weighted by Gasteiger charge is 1.85. The molecule has 1 N–H and O–H groups in total. The normalized spacial score (nSPS) is 10.7. The van der Waals surface area contributed by atoms with Crippen LogP contribution in [0.15, 0.2) is 5.10 Å². The molecule has 0 aromatic carbocycles. The molecule has 0 saturated carbocycles. The largest absolute Gasteiger partial charge is 0.274 e. The summed E-state index contributed by atoms with van der Waals surface area (Å²) in [6.45, 7) is 5.41. The number of hydrazone groups is 1. The van der Waals surface area contributed by atoms with Crippen LogP contribution in [0.2, 0.25) is 0 Å². The monoisotopic (exact) mass is 128 g/mol. The zero-order valence-electron chi connectivity index (χ0n) is 6.01. The molecular formula is C6H12N2O. The third kappa shape index (κ3) is 7.14. The second kappa shape index (κ2) is 4.06. The van der Waals surface area contributed by atoms with E-state index >= 15 is 0 Å². The molecule has 52 valence electrons. The molecule has 3 heteroatoms. The first-order valence-electron chi connectivity index (χ1n) is 2.92. The molecule has 9 heavy (non-hydrogen) atoms. The fraction of sp³-hybridized carbons (Fsp3) is 0.667. The molecule has 0 atom stereocenters. The summed E-state index contributed by atoms with van der Waals surface area (Å²) in [5, 5.41) is 3.65. The molecule has 0 fully saturated rings. The summed E-state index contributed by atoms with van der Waals surface area (Å²) in [6.07, 6.45) is 1.68. The topological polar surface area (TPSA) is 41.5 Å². The van der Waals surface area contributed by atoms with Crippen molar-refractivity contribution in [2.24, 2.45) is 11.0 Å². The summed E-state index contributed by atoms with van der Waals surface area (Å²) in [5.74, 6) is 0.253. The minimum Gasteiger partial charge on any atom is -0.274 e. The van der Waals surface area contributed by atoms with Gasteiger partial charge in [-0.25, -0.2) is 5.43 Å². The van der Waals surface area contributed by atoms with Gasteiger partial charge in [0, 0.05) is 13.1 Å². The van der Waals surface area contributed by atoms with Gasteiger partial charge in [0.15, 0.2) is 0 Å². The molecule has 0 bridgehead atoms. The Balaban J connectivity index is 3.36. The quantitative estimate of drug-likeness (QED) is 0.433. The number of nitrogens with one attached hydrogen (secondary N) is 1. The van der Waals surface area contributed by atoms with Gasteiger partial charge in [0.2, 0.25) is 5.91 Å². The fourth-order valence-corrected chi connectivity index (χ4v) is 0.277. The van der Waals surface area contributed by atoms with E-state index in [0.717, 1.165) is 0 Å². The summed E-state index contributed by atoms with van der Waals surface area (Å²) in [7, 11) is 0. The molecule has 0 aliphatic carbocycles. The van der Waals surface area contributed by atoms with Crippen LogP contribution in [0.3, 0.4) is 0 Å². The molecule has 0 aliphatic rings. The van der Waals surface area contributed by atoms with Crippen molar-refractivity contribution in [3.8, 4) is 0 Å². The van der Waals surface area contributed by atoms with Gasteiger partial charge in [-0.1, -0.05) is 13.8 Å². The van der Waals surface area contributed by atoms with Crippen LogP contribution in [0.1, 0.15) is 20.8 Å². The van der Waals surface area contributed by atoms with Crippen molar-refractivity contribution < 1.29 is 4.79 Å². The van der Waals surface area contributed by atoms with Gasteiger partial charge in [0.05, 0.1) is 0 Å². The Hall–Kier alpha value is -0.860. The zero-order chi connectivity index (χ0) is 7.28. The number of amides is 1. The molecule has 0 saturated heterocycles. The maximum Gasteiger partial charge on any atom is 0.236 e. The first-order chi connectivity index (χ1) is 4.13. The van der Waals surface area contributed by atoms with Crippen LogP contribution in [0.5, 0.6) is 0 Å². The van der Waals surface area contributed by atoms with Crippen LogP contribution in [-0.2, 0) is 4.79 Å². The fourth-order valence-electron chi connectivity index (χ4n) is 0.277. The molecule has 0 heterocycles. The van der Waals surface area contributed by atoms with Crippen molar-refractivity contribution in [1.82, 2.24) is 5.43 Å². The van der Waals surface area contributed by atoms with E-state index in [-0.39, 0.29) is 5.91 Å². The summed E-state index contributed by atoms with van der Waals surface area (Å²) >= 11 is 0. The van der Waals surface area contributed by atoms with Gasteiger partial charge < -0.3 is 0 Å². The minimum absolute atomic E-state index is 0.132. The zero-order valence-corrected chi connectivity index (χ0v) is 6.01. The SMILES string of the molecule is CC(=O)NN=CC(C)C. The molecule has 0 spiro atoms. The average Bonchev–Trinajstić information content (AvgIpc) is 1.63. The van der Waals surface area contributed by atoms with Gasteiger partial charge in [-0.15, -0.1) is 0 Å². The van der Waals surface area contributed by atoms with E-state index in [1.165, 1.54) is 6.92 Å². The third-order valence-electron chi connectivity index (χ3n) is 0.595. The number of carbonyl (C=O) groups is 1. The van der Waals surface area contributed by atoms with Gasteiger partial charge in [-0.3, -0.25) is 4.79 Å². The summed E-state index contributed by atoms with van der Waals surface area (Å²) in [5.41, 5.74) is 2.31. The number of hydrogen-bond acceptors (Lipinski definition) is 2. The van der Waals surface area contributed by atoms with E-state index in [2.05, 4.69) is 10.5 Å². The maximum absolute atomic E-state index is 10.2. The molecule has 3 nitrogen and oxygen atoms in total. The van der Waals surface area contributed by atoms with Crippen molar-refractivity contribution in [3.63, 3.8) is 0 Å². The van der Waals surface area contributed by atoms with Gasteiger partial charge in [-0.05, 0) is 5.92 Å². The highest BCUT2D eigenvalue weighted by atomic mass is 16.2. The Kier molecular flexibility index (Phi) is 3.67. The molecule has 0 aromatic heterocycles. The van der Waals surface area contributed by atoms with Crippen LogP contribution < -0.4 is 5.43 Å². The van der Waals surface area contributed by atoms with Crippen LogP contribution in [0.25, 0.3) is 0 Å². The number of rotatable bonds is 2. The van der Waals surface area contributed by atoms with Crippen molar-refractivity contribution >= 4 is 12.1 Å². The van der Waals surface area contributed by atoms with E-state index in [0.29, 0.717) is 5.92 Å². The lowest BCUT2D eigenvalue weighted by Crippen LogP contribution is -2.12. The number of hydrogen-bond donors (Lipinski definition) is 1. The summed E-state index contributed by atoms with van der Waals surface area (Å²) in [4.78, 5) is 10.2. The highest BCUT2D eigenvalue weighted by molar-refractivity contribution is 5.74. The van der Waals surface area contributed by atoms with E-state index in [9.17, 15) is 4.79 Å². The van der Waals surface area contributed by atoms with Crippen LogP contribution in [-0.4, -0.2) is 12.1 Å². The molecular weight excluding hydrogens is 116 g/mol. The van der Waals surface area contributed by atoms with Gasteiger partial charge in [0.1, 0.15) is 0 Å². The van der Waals surface area contributed by atoms with E-state index < -0.39 is 0 Å². The Morgan fingerprint density at radius 2 is 2.22 bits per heavy atom. The molecule has 0 aromatic rings. The van der Waals surface area contributed by atoms with Gasteiger partial charge >= 0.3 is 0 Å². The molecule has 0 rings (SSSR count). The summed E-state index contributed by atoms with van der Waals surface area (Å²) in [6, 6.07) is 0. The van der Waals surface area contributed by atoms with E-state index in [1.54, 1.807) is 6.21 Å². The Morgan fingerprint density at radius 3 is 2.56 bits per heavy atom. The first-order valence-corrected chi connectivity index (χ1v) is 2.92. The number of nitrogens with zero attached hydrogens (tertiary/aromatic N) is 1. The standard InChI is InChI=1S/C6H12N2O/c1-5(2)4-7-8-6(3)9/h4-5H,1-3H3,(H,8,9). The minimum atomic E-state index is -0.132. The number of carbonyl (C=O) groups excluding carboxylic acids is 1. The Labute approximate surface area is 55.1 Å². The predicted molar refractivity (Wildman–Crippen MR) is 37.1 cm³/mol. The van der Waals surface area contributed by atoms with Crippen molar-refractivity contribution in [3.05, 3.63) is 0 Å². The molecule has 1 amide bonds. The van der Waals surface area contributed by atoms with Gasteiger partial charge in [0.25, 0.3) is 0 Å². The second-order valence-electron chi connectivity index (χ2n) is 2.19. The van der Waals surface area contributed by atoms with E-state index in [4.69, 9.17) is 0 Å². The maximum atomic E-state index is 10.2. The Bertz CT molecular complexity index is 118. The third-order valence-corrected chi connectivity index (χ3v) is 0.595. The van der Waals surface area contributed by atoms with Crippen molar-refractivity contribution in [2.45, 2.75) is 20.8 Å². The predicted octanol–water partition coefficient (Wildman–Crippen LogP) is 0.764. The lowest BCUT2D eigenvalue weighted by Gasteiger charge is -1.92. The van der Waals surface area contributed by atoms with Crippen LogP contribution in [0.4, 0.5) is 0 Å². The average molecular weight is 128 g/mol. The summed E-state index contributed by atoms with van der Waals surface area (Å²) < 4.78 is 0. The molecule has 0 aliphatic heterocycles. The second-order valence-corrected chi connectivity index (χ2v) is 2.19. The van der Waals surface area contributed by atoms with Crippen LogP contribution in [0, 0.1) is 5.92 Å². The Morgan fingerprint density at radius 1 is 1.67 bits per heavy atom. The van der Waals surface area contributed by atoms with Crippen molar-refractivity contribution in [2.75, 3.05) is 0 Å². The smallest absolute Gasteiger partial charge is 0.236 e. The lowest BCUT2D eigenvalue weighted by atomic mass is 10.3. The first kappa shape index (κ1) is 8.14. The van der Waals surface area contributed by atoms with Crippen LogP contribution >= 0.6 is 0 Å². The lowest BCUT2D eigenvalue weighted by molar-refractivity contribution is -0.118. The van der Waals surface area contributed by atoms with Crippen molar-refractivity contribution in [1.29, 1.82) is 0 Å².